The van der Waals surface area contributed by atoms with Gasteiger partial charge in [-0.1, -0.05) is 0 Å². The third-order valence-corrected chi connectivity index (χ3v) is 5.53. The third-order valence-electron chi connectivity index (χ3n) is 5.53. The van der Waals surface area contributed by atoms with Crippen molar-refractivity contribution in [1.82, 2.24) is 0 Å². The van der Waals surface area contributed by atoms with Crippen LogP contribution < -0.4 is 0 Å². The van der Waals surface area contributed by atoms with Crippen molar-refractivity contribution >= 4 is 17.7 Å². The number of hydrogen-bond acceptors (Lipinski definition) is 7. The Morgan fingerprint density at radius 3 is 2.25 bits per heavy atom. The van der Waals surface area contributed by atoms with Crippen LogP contribution in [0.1, 0.15) is 46.0 Å². The summed E-state index contributed by atoms with van der Waals surface area (Å²) in [5, 5.41) is 0. The van der Waals surface area contributed by atoms with Gasteiger partial charge in [-0.05, 0) is 33.1 Å². The molecule has 0 aromatic heterocycles. The molecule has 2 bridgehead atoms. The molecular formula is C17H24O7. The van der Waals surface area contributed by atoms with Gasteiger partial charge >= 0.3 is 11.9 Å². The average Bonchev–Trinajstić information content (AvgIpc) is 2.57. The normalized spacial score (nSPS) is 34.2. The second kappa shape index (κ2) is 6.11. The van der Waals surface area contributed by atoms with Crippen LogP contribution in [0, 0.1) is 10.8 Å². The summed E-state index contributed by atoms with van der Waals surface area (Å²) in [6, 6.07) is 0. The van der Waals surface area contributed by atoms with Crippen molar-refractivity contribution in [1.29, 1.82) is 0 Å². The van der Waals surface area contributed by atoms with Crippen molar-refractivity contribution in [2.45, 2.75) is 51.7 Å². The SMILES string of the molecule is CCOC(=O)C12CCC(C(=O)OCC)(CC1=O)C1(C2)OCCCO1. The fourth-order valence-corrected chi connectivity index (χ4v) is 4.29. The van der Waals surface area contributed by atoms with Gasteiger partial charge in [0.25, 0.3) is 0 Å². The zero-order chi connectivity index (χ0) is 17.4. The lowest BCUT2D eigenvalue weighted by atomic mass is 9.49. The van der Waals surface area contributed by atoms with Crippen LogP contribution >= 0.6 is 0 Å². The molecule has 1 saturated heterocycles. The Kier molecular flexibility index (Phi) is 4.42. The van der Waals surface area contributed by atoms with Gasteiger partial charge in [0.15, 0.2) is 11.6 Å². The second-order valence-corrected chi connectivity index (χ2v) is 6.69. The third kappa shape index (κ3) is 2.21. The molecule has 0 aromatic rings. The molecule has 4 rings (SSSR count). The van der Waals surface area contributed by atoms with Gasteiger partial charge < -0.3 is 18.9 Å². The summed E-state index contributed by atoms with van der Waals surface area (Å²) >= 11 is 0. The van der Waals surface area contributed by atoms with Crippen LogP contribution in [0.5, 0.6) is 0 Å². The van der Waals surface area contributed by atoms with Crippen LogP contribution in [0.15, 0.2) is 0 Å². The van der Waals surface area contributed by atoms with Gasteiger partial charge in [-0.25, -0.2) is 0 Å². The van der Waals surface area contributed by atoms with Crippen LogP contribution in [-0.4, -0.2) is 49.9 Å². The fourth-order valence-electron chi connectivity index (χ4n) is 4.29. The first-order chi connectivity index (χ1) is 11.5. The van der Waals surface area contributed by atoms with Crippen molar-refractivity contribution < 1.29 is 33.3 Å². The first kappa shape index (κ1) is 17.4. The molecule has 3 aliphatic carbocycles. The standard InChI is InChI=1S/C17H24O7/c1-3-21-13(19)15-6-7-16(10-12(15)18,14(20)22-4-2)17(11-15)23-8-5-9-24-17/h3-11H2,1-2H3. The molecule has 1 spiro atoms. The first-order valence-corrected chi connectivity index (χ1v) is 8.62. The lowest BCUT2D eigenvalue weighted by Gasteiger charge is -2.59. The maximum absolute atomic E-state index is 12.8. The lowest BCUT2D eigenvalue weighted by Crippen LogP contribution is -2.71. The molecular weight excluding hydrogens is 316 g/mol. The Balaban J connectivity index is 2.03. The molecule has 4 fully saturated rings. The Bertz CT molecular complexity index is 551. The molecule has 2 atom stereocenters. The van der Waals surface area contributed by atoms with Crippen LogP contribution in [0.2, 0.25) is 0 Å². The van der Waals surface area contributed by atoms with Gasteiger partial charge in [0.2, 0.25) is 0 Å². The smallest absolute Gasteiger partial charge is 0.319 e. The molecule has 7 nitrogen and oxygen atoms in total. The Hall–Kier alpha value is -1.47. The monoisotopic (exact) mass is 340 g/mol. The van der Waals surface area contributed by atoms with Gasteiger partial charge in [-0.15, -0.1) is 0 Å². The van der Waals surface area contributed by atoms with Gasteiger partial charge in [0.05, 0.1) is 26.4 Å². The Labute approximate surface area is 140 Å². The van der Waals surface area contributed by atoms with Gasteiger partial charge in [-0.3, -0.25) is 14.4 Å². The van der Waals surface area contributed by atoms with E-state index in [-0.39, 0.29) is 38.3 Å². The number of ketones is 1. The number of rotatable bonds is 4. The summed E-state index contributed by atoms with van der Waals surface area (Å²) in [7, 11) is 0. The van der Waals surface area contributed by atoms with E-state index in [0.717, 1.165) is 0 Å². The molecule has 0 N–H and O–H groups in total. The molecule has 134 valence electrons. The predicted octanol–water partition coefficient (Wildman–Crippen LogP) is 1.38. The van der Waals surface area contributed by atoms with Crippen molar-refractivity contribution in [3.05, 3.63) is 0 Å². The maximum atomic E-state index is 12.8. The summed E-state index contributed by atoms with van der Waals surface area (Å²) in [6.45, 7) is 4.69. The van der Waals surface area contributed by atoms with E-state index in [4.69, 9.17) is 18.9 Å². The summed E-state index contributed by atoms with van der Waals surface area (Å²) in [5.41, 5.74) is -2.45. The predicted molar refractivity (Wildman–Crippen MR) is 80.9 cm³/mol. The van der Waals surface area contributed by atoms with E-state index in [2.05, 4.69) is 0 Å². The molecule has 24 heavy (non-hydrogen) atoms. The number of carbonyl (C=O) groups excluding carboxylic acids is 3. The quantitative estimate of drug-likeness (QED) is 0.564. The topological polar surface area (TPSA) is 88.1 Å². The van der Waals surface area contributed by atoms with Gasteiger partial charge in [-0.2, -0.15) is 0 Å². The molecule has 0 radical (unpaired) electrons. The van der Waals surface area contributed by atoms with E-state index >= 15 is 0 Å². The zero-order valence-corrected chi connectivity index (χ0v) is 14.2. The molecule has 0 amide bonds. The number of esters is 2. The maximum Gasteiger partial charge on any atom is 0.319 e. The minimum absolute atomic E-state index is 0.0243. The van der Waals surface area contributed by atoms with E-state index in [9.17, 15) is 14.4 Å². The van der Waals surface area contributed by atoms with Crippen molar-refractivity contribution in [3.63, 3.8) is 0 Å². The molecule has 2 unspecified atom stereocenters. The lowest BCUT2D eigenvalue weighted by molar-refractivity contribution is -0.351. The second-order valence-electron chi connectivity index (χ2n) is 6.69. The number of hydrogen-bond donors (Lipinski definition) is 0. The van der Waals surface area contributed by atoms with Crippen molar-refractivity contribution in [2.75, 3.05) is 26.4 Å². The number of carbonyl (C=O) groups is 3. The van der Waals surface area contributed by atoms with E-state index < -0.39 is 28.6 Å². The van der Waals surface area contributed by atoms with E-state index in [1.807, 2.05) is 0 Å². The van der Waals surface area contributed by atoms with Gasteiger partial charge in [0, 0.05) is 12.8 Å². The minimum Gasteiger partial charge on any atom is -0.465 e. The summed E-state index contributed by atoms with van der Waals surface area (Å²) < 4.78 is 22.3. The number of fused-ring (bicyclic) bond motifs is 2. The molecule has 7 heteroatoms. The summed E-state index contributed by atoms with van der Waals surface area (Å²) in [5.74, 6) is -2.57. The van der Waals surface area contributed by atoms with Crippen LogP contribution in [-0.2, 0) is 33.3 Å². The summed E-state index contributed by atoms with van der Waals surface area (Å²) in [4.78, 5) is 38.1. The highest BCUT2D eigenvalue weighted by Gasteiger charge is 2.74. The molecule has 3 saturated carbocycles. The minimum atomic E-state index is -1.28. The highest BCUT2D eigenvalue weighted by Crippen LogP contribution is 2.63. The Morgan fingerprint density at radius 1 is 1.04 bits per heavy atom. The van der Waals surface area contributed by atoms with Crippen molar-refractivity contribution in [3.8, 4) is 0 Å². The van der Waals surface area contributed by atoms with E-state index in [1.54, 1.807) is 13.8 Å². The van der Waals surface area contributed by atoms with E-state index in [1.165, 1.54) is 0 Å². The molecule has 1 aliphatic heterocycles. The summed E-state index contributed by atoms with van der Waals surface area (Å²) in [6.07, 6.45) is 1.20. The van der Waals surface area contributed by atoms with Gasteiger partial charge in [0.1, 0.15) is 10.8 Å². The van der Waals surface area contributed by atoms with Crippen LogP contribution in [0.25, 0.3) is 0 Å². The van der Waals surface area contributed by atoms with E-state index in [0.29, 0.717) is 26.1 Å². The molecule has 4 aliphatic rings. The van der Waals surface area contributed by atoms with Crippen LogP contribution in [0.4, 0.5) is 0 Å². The fraction of sp³-hybridized carbons (Fsp3) is 0.824. The molecule has 1 heterocycles. The highest BCUT2D eigenvalue weighted by atomic mass is 16.7. The number of Topliss-reactive ketones (excluding diaryl/α,β-unsaturated/α-hetero) is 1. The Morgan fingerprint density at radius 2 is 1.67 bits per heavy atom. The first-order valence-electron chi connectivity index (χ1n) is 8.62. The highest BCUT2D eigenvalue weighted by molar-refractivity contribution is 6.08. The zero-order valence-electron chi connectivity index (χ0n) is 14.2. The average molecular weight is 340 g/mol. The van der Waals surface area contributed by atoms with Crippen molar-refractivity contribution in [2.24, 2.45) is 10.8 Å². The number of ether oxygens (including phenoxy) is 4. The largest absolute Gasteiger partial charge is 0.465 e. The molecule has 0 aromatic carbocycles. The van der Waals surface area contributed by atoms with Crippen LogP contribution in [0.3, 0.4) is 0 Å².